The zero-order valence-corrected chi connectivity index (χ0v) is 16.1. The summed E-state index contributed by atoms with van der Waals surface area (Å²) in [5, 5.41) is -5.90. The van der Waals surface area contributed by atoms with Crippen LogP contribution in [0.15, 0.2) is 50.5 Å². The Labute approximate surface area is 161 Å². The Balaban J connectivity index is 2.71. The van der Waals surface area contributed by atoms with Crippen molar-refractivity contribution in [3.05, 3.63) is 45.6 Å². The first kappa shape index (κ1) is 21.3. The molecule has 0 spiro atoms. The van der Waals surface area contributed by atoms with Crippen molar-refractivity contribution in [3.8, 4) is 11.1 Å². The van der Waals surface area contributed by atoms with Gasteiger partial charge < -0.3 is 0 Å². The van der Waals surface area contributed by atoms with E-state index in [-0.39, 0.29) is 20.1 Å². The Morgan fingerprint density at radius 3 is 2.12 bits per heavy atom. The van der Waals surface area contributed by atoms with Crippen molar-refractivity contribution in [2.24, 2.45) is 0 Å². The summed E-state index contributed by atoms with van der Waals surface area (Å²) in [5.74, 6) is -6.49. The number of hydrogen-bond donors (Lipinski definition) is 0. The summed E-state index contributed by atoms with van der Waals surface area (Å²) in [4.78, 5) is 2.82. The number of rotatable bonds is 4. The fourth-order valence-electron chi connectivity index (χ4n) is 1.91. The first-order chi connectivity index (χ1) is 11.8. The van der Waals surface area contributed by atoms with Gasteiger partial charge in [-0.25, -0.2) is 4.21 Å². The van der Waals surface area contributed by atoms with Gasteiger partial charge in [-0.15, -0.1) is 0 Å². The Kier molecular flexibility index (Phi) is 5.89. The van der Waals surface area contributed by atoms with E-state index in [9.17, 15) is 34.9 Å². The van der Waals surface area contributed by atoms with E-state index in [0.717, 1.165) is 12.3 Å². The average Bonchev–Trinajstić information content (AvgIpc) is 2.52. The summed E-state index contributed by atoms with van der Waals surface area (Å²) >= 11 is 5.92. The van der Waals surface area contributed by atoms with E-state index in [1.807, 2.05) is 0 Å². The molecule has 0 aliphatic heterocycles. The lowest BCUT2D eigenvalue weighted by Crippen LogP contribution is -2.54. The minimum Gasteiger partial charge on any atom is -0.264 e. The molecule has 2 nitrogen and oxygen atoms in total. The van der Waals surface area contributed by atoms with Crippen LogP contribution in [0.1, 0.15) is 0 Å². The molecule has 0 saturated heterocycles. The lowest BCUT2D eigenvalue weighted by Gasteiger charge is -2.28. The molecule has 1 unspecified atom stereocenters. The first-order valence-electron chi connectivity index (χ1n) is 6.44. The van der Waals surface area contributed by atoms with E-state index in [2.05, 4.69) is 36.8 Å². The molecule has 0 radical (unpaired) electrons. The predicted molar refractivity (Wildman–Crippen MR) is 87.4 cm³/mol. The van der Waals surface area contributed by atoms with Crippen LogP contribution in [0.2, 0.25) is 0 Å². The highest BCUT2D eigenvalue weighted by molar-refractivity contribution is 9.11. The normalized spacial score (nSPS) is 14.3. The van der Waals surface area contributed by atoms with Crippen molar-refractivity contribution in [1.29, 1.82) is 0 Å². The quantitative estimate of drug-likeness (QED) is 0.444. The Bertz CT molecular complexity index is 843. The number of aromatic nitrogens is 1. The van der Waals surface area contributed by atoms with Crippen molar-refractivity contribution in [2.45, 2.75) is 22.2 Å². The van der Waals surface area contributed by atoms with Gasteiger partial charge in [0.05, 0.1) is 4.90 Å². The van der Waals surface area contributed by atoms with Crippen molar-refractivity contribution >= 4 is 42.7 Å². The molecule has 2 aromatic rings. The van der Waals surface area contributed by atoms with Gasteiger partial charge in [0.1, 0.15) is 10.8 Å². The van der Waals surface area contributed by atoms with Crippen LogP contribution in [0.25, 0.3) is 11.1 Å². The van der Waals surface area contributed by atoms with Crippen LogP contribution in [0, 0.1) is 0 Å². The summed E-state index contributed by atoms with van der Waals surface area (Å²) in [6.07, 6.45) is -4.09. The van der Waals surface area contributed by atoms with Gasteiger partial charge in [-0.05, 0) is 18.2 Å². The lowest BCUT2D eigenvalue weighted by atomic mass is 10.1. The van der Waals surface area contributed by atoms with Gasteiger partial charge in [0.15, 0.2) is 0 Å². The van der Waals surface area contributed by atoms with E-state index in [0.29, 0.717) is 0 Å². The summed E-state index contributed by atoms with van der Waals surface area (Å²) in [5.41, 5.74) is -0.140. The van der Waals surface area contributed by atoms with Crippen LogP contribution in [0.5, 0.6) is 0 Å². The maximum Gasteiger partial charge on any atom is 0.461 e. The Hall–Kier alpha value is -1.01. The number of halogens is 9. The molecular formula is C14H6Br2F7NOS. The Morgan fingerprint density at radius 2 is 1.62 bits per heavy atom. The van der Waals surface area contributed by atoms with E-state index < -0.39 is 33.0 Å². The molecule has 26 heavy (non-hydrogen) atoms. The van der Waals surface area contributed by atoms with E-state index in [1.54, 1.807) is 0 Å². The molecule has 0 aliphatic rings. The summed E-state index contributed by atoms with van der Waals surface area (Å²) in [6.45, 7) is 0. The highest BCUT2D eigenvalue weighted by Gasteiger charge is 2.76. The summed E-state index contributed by atoms with van der Waals surface area (Å²) in [7, 11) is -4.03. The molecule has 0 amide bonds. The average molecular weight is 529 g/mol. The monoisotopic (exact) mass is 527 g/mol. The van der Waals surface area contributed by atoms with Crippen LogP contribution in [0.3, 0.4) is 0 Å². The first-order valence-corrected chi connectivity index (χ1v) is 9.18. The maximum atomic E-state index is 13.9. The topological polar surface area (TPSA) is 30.0 Å². The van der Waals surface area contributed by atoms with Crippen molar-refractivity contribution in [2.75, 3.05) is 0 Å². The van der Waals surface area contributed by atoms with E-state index in [1.165, 1.54) is 24.4 Å². The van der Waals surface area contributed by atoms with Crippen LogP contribution < -0.4 is 0 Å². The zero-order chi connectivity index (χ0) is 19.9. The number of benzene rings is 1. The highest BCUT2D eigenvalue weighted by atomic mass is 79.9. The molecule has 0 bridgehead atoms. The molecule has 0 fully saturated rings. The zero-order valence-electron chi connectivity index (χ0n) is 12.1. The summed E-state index contributed by atoms with van der Waals surface area (Å²) < 4.78 is 104. The van der Waals surface area contributed by atoms with Gasteiger partial charge in [0.25, 0.3) is 0 Å². The second kappa shape index (κ2) is 7.19. The fraction of sp³-hybridized carbons (Fsp3) is 0.214. The molecule has 12 heteroatoms. The summed E-state index contributed by atoms with van der Waals surface area (Å²) in [6, 6.07) is 4.87. The number of nitrogens with zero attached hydrogens (tertiary/aromatic N) is 1. The third kappa shape index (κ3) is 3.68. The third-order valence-electron chi connectivity index (χ3n) is 3.12. The molecule has 0 aliphatic carbocycles. The standard InChI is InChI=1S/C14H6Br2F7NOS/c15-8-4-9(16)11(7-2-1-3-24-6-7)10(5-8)26(25)14(22,23)12(17,18)13(19,20)21/h1-6H. The maximum absolute atomic E-state index is 13.9. The highest BCUT2D eigenvalue weighted by Crippen LogP contribution is 2.51. The van der Waals surface area contributed by atoms with Crippen LogP contribution >= 0.6 is 31.9 Å². The van der Waals surface area contributed by atoms with Gasteiger partial charge in [-0.2, -0.15) is 30.7 Å². The predicted octanol–water partition coefficient (Wildman–Crippen LogP) is 6.17. The minimum absolute atomic E-state index is 0.0477. The molecule has 2 rings (SSSR count). The molecule has 1 aromatic carbocycles. The van der Waals surface area contributed by atoms with E-state index in [4.69, 9.17) is 0 Å². The molecule has 1 aromatic heterocycles. The second-order valence-electron chi connectivity index (χ2n) is 4.86. The SMILES string of the molecule is O=S(c1cc(Br)cc(Br)c1-c1cccnc1)C(F)(F)C(F)(F)C(F)(F)F. The van der Waals surface area contributed by atoms with Crippen LogP contribution in [-0.2, 0) is 10.8 Å². The molecule has 142 valence electrons. The molecular weight excluding hydrogens is 523 g/mol. The smallest absolute Gasteiger partial charge is 0.264 e. The number of alkyl halides is 7. The Morgan fingerprint density at radius 1 is 1.00 bits per heavy atom. The van der Waals surface area contributed by atoms with Crippen molar-refractivity contribution in [1.82, 2.24) is 4.98 Å². The van der Waals surface area contributed by atoms with Gasteiger partial charge in [-0.1, -0.05) is 37.9 Å². The molecule has 0 saturated carbocycles. The van der Waals surface area contributed by atoms with Gasteiger partial charge in [0.2, 0.25) is 0 Å². The third-order valence-corrected chi connectivity index (χ3v) is 5.65. The second-order valence-corrected chi connectivity index (χ2v) is 8.12. The molecule has 1 heterocycles. The van der Waals surface area contributed by atoms with Crippen molar-refractivity contribution < 1.29 is 34.9 Å². The lowest BCUT2D eigenvalue weighted by molar-refractivity contribution is -0.331. The molecule has 1 atom stereocenters. The van der Waals surface area contributed by atoms with Gasteiger partial charge in [-0.3, -0.25) is 4.98 Å². The van der Waals surface area contributed by atoms with Gasteiger partial charge >= 0.3 is 17.4 Å². The number of hydrogen-bond acceptors (Lipinski definition) is 2. The minimum atomic E-state index is -6.58. The van der Waals surface area contributed by atoms with E-state index >= 15 is 0 Å². The fourth-order valence-corrected chi connectivity index (χ4v) is 4.92. The van der Waals surface area contributed by atoms with Crippen LogP contribution in [0.4, 0.5) is 30.7 Å². The molecule has 0 N–H and O–H groups in total. The van der Waals surface area contributed by atoms with Crippen LogP contribution in [-0.4, -0.2) is 26.5 Å². The number of pyridine rings is 1. The van der Waals surface area contributed by atoms with Gasteiger partial charge in [0, 0.05) is 32.5 Å². The van der Waals surface area contributed by atoms with Crippen molar-refractivity contribution in [3.63, 3.8) is 0 Å². The largest absolute Gasteiger partial charge is 0.461 e.